The van der Waals surface area contributed by atoms with Crippen LogP contribution in [0.15, 0.2) is 208 Å². The summed E-state index contributed by atoms with van der Waals surface area (Å²) < 4.78 is 24.8. The Balaban J connectivity index is 0.000000116. The zero-order chi connectivity index (χ0) is 84.4. The number of carbonyl (C=O) groups is 4. The van der Waals surface area contributed by atoms with Gasteiger partial charge in [0.25, 0.3) is 23.6 Å². The van der Waals surface area contributed by atoms with Crippen LogP contribution in [0, 0.1) is 92.9 Å². The maximum atomic E-state index is 13.7. The third-order valence-corrected chi connectivity index (χ3v) is 24.8. The molecule has 12 aromatic rings. The molecule has 8 aliphatic rings. The largest absolute Gasteiger partial charge is 0.472 e. The van der Waals surface area contributed by atoms with Crippen molar-refractivity contribution in [2.75, 3.05) is 26.2 Å². The number of rotatable bonds is 16. The van der Waals surface area contributed by atoms with Gasteiger partial charge in [0.15, 0.2) is 0 Å². The van der Waals surface area contributed by atoms with E-state index in [2.05, 4.69) is 54.8 Å². The van der Waals surface area contributed by atoms with E-state index in [0.717, 1.165) is 162 Å². The van der Waals surface area contributed by atoms with Crippen molar-refractivity contribution in [1.82, 2.24) is 79.4 Å². The number of nitrogens with zero attached hydrogens (tertiary/aromatic N) is 16. The van der Waals surface area contributed by atoms with Crippen molar-refractivity contribution in [3.05, 3.63) is 286 Å². The Morgan fingerprint density at radius 1 is 0.295 bits per heavy atom. The van der Waals surface area contributed by atoms with Crippen LogP contribution in [0.3, 0.4) is 0 Å². The molecular weight excluding hydrogens is 1530 g/mol. The van der Waals surface area contributed by atoms with Crippen molar-refractivity contribution < 1.29 is 38.1 Å². The molecule has 0 spiro atoms. The Bertz CT molecular complexity index is 5650. The summed E-state index contributed by atoms with van der Waals surface area (Å²) in [6.07, 6.45) is 25.2. The molecule has 4 saturated carbocycles. The average Bonchev–Trinajstić information content (AvgIpc) is 1.62. The minimum absolute atomic E-state index is 0.00332. The van der Waals surface area contributed by atoms with Gasteiger partial charge >= 0.3 is 0 Å². The van der Waals surface area contributed by atoms with E-state index >= 15 is 0 Å². The molecule has 620 valence electrons. The highest BCUT2D eigenvalue weighted by Crippen LogP contribution is 2.46. The van der Waals surface area contributed by atoms with E-state index < -0.39 is 0 Å². The first-order chi connectivity index (χ1) is 59.2. The summed E-state index contributed by atoms with van der Waals surface area (Å²) in [5.41, 5.74) is 18.2. The fraction of sp³-hybridized carbons (Fsp3) is 0.347. The summed E-state index contributed by atoms with van der Waals surface area (Å²) in [6.45, 7) is 22.9. The van der Waals surface area contributed by atoms with Crippen LogP contribution in [0.2, 0.25) is 0 Å². The molecule has 20 rings (SSSR count). The number of likely N-dealkylation sites (tertiary alicyclic amines) is 4. The summed E-state index contributed by atoms with van der Waals surface area (Å²) in [5, 5.41) is 0. The van der Waals surface area contributed by atoms with Gasteiger partial charge in [0, 0.05) is 135 Å². The lowest BCUT2D eigenvalue weighted by Gasteiger charge is -2.33. The number of piperidine rings is 4. The van der Waals surface area contributed by atoms with Crippen molar-refractivity contribution in [3.8, 4) is 68.8 Å². The zero-order valence-corrected chi connectivity index (χ0v) is 70.5. The van der Waals surface area contributed by atoms with Crippen LogP contribution >= 0.6 is 0 Å². The number of pyridine rings is 12. The summed E-state index contributed by atoms with van der Waals surface area (Å²) >= 11 is 0. The number of aryl methyl sites for hydroxylation is 10. The van der Waals surface area contributed by atoms with E-state index in [-0.39, 0.29) is 72.2 Å². The maximum Gasteiger partial charge on any atom is 0.273 e. The maximum absolute atomic E-state index is 13.7. The first-order valence-corrected chi connectivity index (χ1v) is 42.3. The fourth-order valence-corrected chi connectivity index (χ4v) is 18.9. The van der Waals surface area contributed by atoms with Crippen molar-refractivity contribution in [2.45, 2.75) is 169 Å². The first-order valence-electron chi connectivity index (χ1n) is 42.3. The Morgan fingerprint density at radius 2 is 0.664 bits per heavy atom. The average molecular weight is 1630 g/mol. The van der Waals surface area contributed by atoms with E-state index in [9.17, 15) is 19.2 Å². The molecule has 0 aromatic carbocycles. The van der Waals surface area contributed by atoms with Gasteiger partial charge in [0.1, 0.15) is 47.2 Å². The topological polar surface area (TPSA) is 273 Å². The zero-order valence-electron chi connectivity index (χ0n) is 70.5. The Morgan fingerprint density at radius 3 is 1.07 bits per heavy atom. The van der Waals surface area contributed by atoms with Crippen LogP contribution in [-0.2, 0) is 0 Å². The van der Waals surface area contributed by atoms with Gasteiger partial charge in [0.2, 0.25) is 23.5 Å². The molecule has 8 fully saturated rings. The molecule has 122 heavy (non-hydrogen) atoms. The van der Waals surface area contributed by atoms with Crippen molar-refractivity contribution in [3.63, 3.8) is 0 Å². The van der Waals surface area contributed by atoms with Gasteiger partial charge in [-0.1, -0.05) is 48.5 Å². The monoisotopic (exact) mass is 1630 g/mol. The number of hydrogen-bond donors (Lipinski definition) is 0. The molecule has 24 heteroatoms. The van der Waals surface area contributed by atoms with E-state index in [0.29, 0.717) is 86.8 Å². The number of hydrogen-bond acceptors (Lipinski definition) is 20. The highest BCUT2D eigenvalue weighted by molar-refractivity contribution is 6.02. The molecule has 0 N–H and O–H groups in total. The van der Waals surface area contributed by atoms with Crippen LogP contribution in [0.1, 0.15) is 149 Å². The molecule has 4 aliphatic heterocycles. The normalized spacial score (nSPS) is 22.2. The standard InChI is InChI=1S/3C25H26N4O2.C23H22N4O2/c1-15-6-9-22(27-13-15)31-21-12-18-11-20(21)29(14-18)25(30)19-8-7-17(3)28-24(19)23-16(2)5-4-10-26-23;1-15-6-9-22(27-13-15)31-21-12-18-11-20(21)29(14-18)25(30)24-19(8-7-17(3)28-24)23-16(2)5-4-10-26-23;1-15-6-7-22(27-12-15)31-21-11-18-10-20(21)29(14-18)25(30)24-19(9-16(2)13-28-24)23-17(3)5-4-8-26-23;1-15-7-8-21(26-13-15)29-20-12-16-11-19(20)27(14-16)23(28)17-5-4-10-25-22(17)18-6-2-3-9-24-18/h2*4-10,13,18,20-21H,11-12,14H2,1-3H3;4-9,12-13,18,20-21H,10-11,14H2,1-3H3;2-10,13,16,19-20H,11-12,14H2,1H3. The number of aromatic nitrogens is 12. The van der Waals surface area contributed by atoms with Gasteiger partial charge in [-0.15, -0.1) is 0 Å². The molecule has 12 unspecified atom stereocenters. The van der Waals surface area contributed by atoms with E-state index in [1.54, 1.807) is 49.4 Å². The lowest BCUT2D eigenvalue weighted by Crippen LogP contribution is -2.47. The number of fused-ring (bicyclic) bond motifs is 8. The highest BCUT2D eigenvalue weighted by atomic mass is 16.5. The second kappa shape index (κ2) is 35.3. The minimum atomic E-state index is -0.0438. The van der Waals surface area contributed by atoms with Gasteiger partial charge in [-0.05, 0) is 262 Å². The molecule has 4 aliphatic carbocycles. The van der Waals surface area contributed by atoms with E-state index in [4.69, 9.17) is 23.9 Å². The Kier molecular flexibility index (Phi) is 23.5. The molecular formula is C98H100N16O8. The summed E-state index contributed by atoms with van der Waals surface area (Å²) in [4.78, 5) is 116. The number of ether oxygens (including phenoxy) is 4. The van der Waals surface area contributed by atoms with Gasteiger partial charge in [0.05, 0.1) is 58.1 Å². The molecule has 12 aromatic heterocycles. The second-order valence-corrected chi connectivity index (χ2v) is 34.0. The van der Waals surface area contributed by atoms with Crippen LogP contribution in [0.4, 0.5) is 0 Å². The molecule has 12 atom stereocenters. The molecule has 24 nitrogen and oxygen atoms in total. The third kappa shape index (κ3) is 17.5. The fourth-order valence-electron chi connectivity index (χ4n) is 18.9. The molecule has 4 saturated heterocycles. The predicted molar refractivity (Wildman–Crippen MR) is 462 cm³/mol. The van der Waals surface area contributed by atoms with Crippen LogP contribution in [0.25, 0.3) is 45.3 Å². The van der Waals surface area contributed by atoms with Crippen LogP contribution in [-0.4, -0.2) is 178 Å². The molecule has 16 heterocycles. The second-order valence-electron chi connectivity index (χ2n) is 34.0. The lowest BCUT2D eigenvalue weighted by atomic mass is 10.0. The minimum Gasteiger partial charge on any atom is -0.472 e. The van der Waals surface area contributed by atoms with Gasteiger partial charge in [-0.25, -0.2) is 24.9 Å². The predicted octanol–water partition coefficient (Wildman–Crippen LogP) is 16.0. The van der Waals surface area contributed by atoms with Crippen molar-refractivity contribution >= 4 is 23.6 Å². The van der Waals surface area contributed by atoms with Gasteiger partial charge in [-0.2, -0.15) is 0 Å². The summed E-state index contributed by atoms with van der Waals surface area (Å²) in [7, 11) is 0. The quantitative estimate of drug-likeness (QED) is 0.0869. The van der Waals surface area contributed by atoms with E-state index in [1.807, 2.05) is 247 Å². The molecule has 8 bridgehead atoms. The SMILES string of the molecule is Cc1ccc(OC2CC3CC2N(C(=O)c2ccc(C)nc2-c2ncccc2C)C3)nc1.Cc1ccc(OC2CC3CC2N(C(=O)c2cccnc2-c2ccccn2)C3)nc1.Cc1ccc(OC2CC3CC2N(C(=O)c2nc(C)ccc2-c2ncccc2C)C3)nc1.Cc1ccc(OC2CC3CC2N(C(=O)c2ncc(C)cc2-c2ncccc2C)C3)nc1. The smallest absolute Gasteiger partial charge is 0.273 e. The van der Waals surface area contributed by atoms with Gasteiger partial charge < -0.3 is 38.5 Å². The van der Waals surface area contributed by atoms with Crippen molar-refractivity contribution in [2.24, 2.45) is 23.7 Å². The van der Waals surface area contributed by atoms with Crippen LogP contribution < -0.4 is 18.9 Å². The van der Waals surface area contributed by atoms with Gasteiger partial charge in [-0.3, -0.25) is 54.1 Å². The lowest BCUT2D eigenvalue weighted by molar-refractivity contribution is 0.0459. The Hall–Kier alpha value is -13.1. The first kappa shape index (κ1) is 81.3. The van der Waals surface area contributed by atoms with E-state index in [1.165, 1.54) is 0 Å². The number of amides is 4. The molecule has 4 amide bonds. The highest BCUT2D eigenvalue weighted by Gasteiger charge is 2.53. The Labute approximate surface area is 711 Å². The number of carbonyl (C=O) groups excluding carboxylic acids is 4. The van der Waals surface area contributed by atoms with Crippen molar-refractivity contribution in [1.29, 1.82) is 0 Å². The summed E-state index contributed by atoms with van der Waals surface area (Å²) in [5.74, 6) is 4.23. The van der Waals surface area contributed by atoms with Crippen LogP contribution in [0.5, 0.6) is 23.5 Å². The summed E-state index contributed by atoms with van der Waals surface area (Å²) in [6, 6.07) is 46.5. The third-order valence-electron chi connectivity index (χ3n) is 24.8. The molecule has 0 radical (unpaired) electrons.